The van der Waals surface area contributed by atoms with Crippen molar-refractivity contribution in [2.24, 2.45) is 0 Å². The third-order valence-corrected chi connectivity index (χ3v) is 5.07. The molecule has 0 aromatic heterocycles. The fourth-order valence-corrected chi connectivity index (χ4v) is 3.57. The van der Waals surface area contributed by atoms with Crippen molar-refractivity contribution in [1.82, 2.24) is 10.2 Å². The van der Waals surface area contributed by atoms with E-state index in [-0.39, 0.29) is 18.7 Å². The third kappa shape index (κ3) is 5.26. The third-order valence-electron chi connectivity index (χ3n) is 5.07. The van der Waals surface area contributed by atoms with Gasteiger partial charge in [-0.25, -0.2) is 14.4 Å². The van der Waals surface area contributed by atoms with E-state index in [0.717, 1.165) is 6.42 Å². The largest absolute Gasteiger partial charge is 0.463 e. The Morgan fingerprint density at radius 3 is 2.22 bits per heavy atom. The summed E-state index contributed by atoms with van der Waals surface area (Å²) in [6.45, 7) is 6.22. The fraction of sp³-hybridized carbons (Fsp3) is 0.292. The number of hydrogen-bond acceptors (Lipinski definition) is 4. The summed E-state index contributed by atoms with van der Waals surface area (Å²) in [6.07, 6.45) is 0.761. The lowest BCUT2D eigenvalue weighted by Crippen LogP contribution is -2.48. The average molecular weight is 437 g/mol. The normalized spacial score (nSPS) is 15.8. The van der Waals surface area contributed by atoms with Crippen LogP contribution < -0.4 is 16.0 Å². The van der Waals surface area contributed by atoms with Crippen molar-refractivity contribution in [3.05, 3.63) is 71.4 Å². The number of rotatable bonds is 7. The molecule has 0 unspecified atom stereocenters. The topological polar surface area (TPSA) is 99.8 Å². The predicted octanol–water partition coefficient (Wildman–Crippen LogP) is 4.64. The average Bonchev–Trinajstić information content (AvgIpc) is 2.77. The van der Waals surface area contributed by atoms with Crippen LogP contribution in [0.3, 0.4) is 0 Å². The summed E-state index contributed by atoms with van der Waals surface area (Å²) in [6, 6.07) is 14.9. The Kier molecular flexibility index (Phi) is 7.49. The standard InChI is InChI=1S/C24H28N4O4/c1-4-15-28-16(3)20(22(29)32-5-2)21(27-24(28)31)17-11-13-19(14-12-17)26-23(30)25-18-9-7-6-8-10-18/h6-14,21H,4-5,15H2,1-3H3,(H,27,31)(H2,25,26,30)/t21-/m1/s1. The maximum Gasteiger partial charge on any atom is 0.338 e. The monoisotopic (exact) mass is 436 g/mol. The van der Waals surface area contributed by atoms with Crippen molar-refractivity contribution in [1.29, 1.82) is 0 Å². The maximum absolute atomic E-state index is 12.7. The fourth-order valence-electron chi connectivity index (χ4n) is 3.57. The van der Waals surface area contributed by atoms with Gasteiger partial charge in [-0.15, -0.1) is 0 Å². The summed E-state index contributed by atoms with van der Waals surface area (Å²) in [4.78, 5) is 39.1. The molecule has 0 saturated carbocycles. The molecule has 2 aromatic rings. The molecule has 0 spiro atoms. The Morgan fingerprint density at radius 2 is 1.62 bits per heavy atom. The molecule has 0 bridgehead atoms. The van der Waals surface area contributed by atoms with Crippen LogP contribution in [0.1, 0.15) is 38.8 Å². The molecule has 4 amide bonds. The van der Waals surface area contributed by atoms with Crippen LogP contribution in [-0.2, 0) is 9.53 Å². The number of nitrogens with one attached hydrogen (secondary N) is 3. The summed E-state index contributed by atoms with van der Waals surface area (Å²) >= 11 is 0. The zero-order valence-corrected chi connectivity index (χ0v) is 18.5. The minimum atomic E-state index is -0.637. The van der Waals surface area contributed by atoms with Crippen LogP contribution in [0.15, 0.2) is 65.9 Å². The molecule has 8 nitrogen and oxygen atoms in total. The van der Waals surface area contributed by atoms with Crippen molar-refractivity contribution < 1.29 is 19.1 Å². The molecule has 0 saturated heterocycles. The van der Waals surface area contributed by atoms with Crippen LogP contribution in [0.25, 0.3) is 0 Å². The second-order valence-electron chi connectivity index (χ2n) is 7.32. The highest BCUT2D eigenvalue weighted by Crippen LogP contribution is 2.32. The van der Waals surface area contributed by atoms with E-state index in [0.29, 0.717) is 34.8 Å². The number of hydrogen-bond donors (Lipinski definition) is 3. The van der Waals surface area contributed by atoms with E-state index in [1.54, 1.807) is 55.1 Å². The first kappa shape index (κ1) is 22.9. The smallest absolute Gasteiger partial charge is 0.338 e. The van der Waals surface area contributed by atoms with Gasteiger partial charge in [0, 0.05) is 23.6 Å². The molecule has 0 radical (unpaired) electrons. The second kappa shape index (κ2) is 10.5. The van der Waals surface area contributed by atoms with E-state index < -0.39 is 12.0 Å². The Bertz CT molecular complexity index is 1000. The summed E-state index contributed by atoms with van der Waals surface area (Å²) in [7, 11) is 0. The SMILES string of the molecule is CCCN1C(=O)N[C@H](c2ccc(NC(=O)Nc3ccccc3)cc2)C(C(=O)OCC)=C1C. The Labute approximate surface area is 187 Å². The van der Waals surface area contributed by atoms with Crippen LogP contribution in [0.2, 0.25) is 0 Å². The van der Waals surface area contributed by atoms with Crippen molar-refractivity contribution in [2.45, 2.75) is 33.2 Å². The van der Waals surface area contributed by atoms with Gasteiger partial charge in [-0.3, -0.25) is 4.90 Å². The van der Waals surface area contributed by atoms with Gasteiger partial charge in [0.05, 0.1) is 18.2 Å². The number of para-hydroxylation sites is 1. The number of benzene rings is 2. The first-order valence-electron chi connectivity index (χ1n) is 10.6. The molecular formula is C24H28N4O4. The number of carbonyl (C=O) groups is 3. The number of ether oxygens (including phenoxy) is 1. The van der Waals surface area contributed by atoms with Crippen LogP contribution in [0, 0.1) is 0 Å². The maximum atomic E-state index is 12.7. The molecule has 2 aromatic carbocycles. The molecule has 0 fully saturated rings. The first-order valence-corrected chi connectivity index (χ1v) is 10.6. The molecule has 1 aliphatic heterocycles. The minimum Gasteiger partial charge on any atom is -0.463 e. The molecule has 1 heterocycles. The van der Waals surface area contributed by atoms with E-state index in [1.807, 2.05) is 25.1 Å². The Morgan fingerprint density at radius 1 is 1.00 bits per heavy atom. The first-order chi connectivity index (χ1) is 15.4. The van der Waals surface area contributed by atoms with E-state index in [1.165, 1.54) is 0 Å². The lowest BCUT2D eigenvalue weighted by atomic mass is 9.94. The van der Waals surface area contributed by atoms with Crippen molar-refractivity contribution >= 4 is 29.4 Å². The van der Waals surface area contributed by atoms with E-state index >= 15 is 0 Å². The molecule has 168 valence electrons. The Balaban J connectivity index is 1.80. The van der Waals surface area contributed by atoms with E-state index in [2.05, 4.69) is 16.0 Å². The number of urea groups is 2. The number of amides is 4. The highest BCUT2D eigenvalue weighted by molar-refractivity contribution is 5.99. The number of allylic oxidation sites excluding steroid dienone is 1. The van der Waals surface area contributed by atoms with Gasteiger partial charge in [0.15, 0.2) is 0 Å². The van der Waals surface area contributed by atoms with Gasteiger partial charge in [-0.2, -0.15) is 0 Å². The molecule has 0 aliphatic carbocycles. The van der Waals surface area contributed by atoms with Gasteiger partial charge in [0.2, 0.25) is 0 Å². The summed E-state index contributed by atoms with van der Waals surface area (Å²) in [5.41, 5.74) is 2.97. The number of nitrogens with zero attached hydrogens (tertiary/aromatic N) is 1. The van der Waals surface area contributed by atoms with Gasteiger partial charge in [0.25, 0.3) is 0 Å². The van der Waals surface area contributed by atoms with Gasteiger partial charge < -0.3 is 20.7 Å². The molecule has 3 N–H and O–H groups in total. The summed E-state index contributed by atoms with van der Waals surface area (Å²) < 4.78 is 5.26. The van der Waals surface area contributed by atoms with Gasteiger partial charge in [-0.1, -0.05) is 37.3 Å². The highest BCUT2D eigenvalue weighted by atomic mass is 16.5. The van der Waals surface area contributed by atoms with Gasteiger partial charge in [0.1, 0.15) is 0 Å². The number of anilines is 2. The van der Waals surface area contributed by atoms with Crippen molar-refractivity contribution in [3.8, 4) is 0 Å². The lowest BCUT2D eigenvalue weighted by Gasteiger charge is -2.35. The van der Waals surface area contributed by atoms with Crippen LogP contribution >= 0.6 is 0 Å². The zero-order valence-electron chi connectivity index (χ0n) is 18.5. The van der Waals surface area contributed by atoms with Gasteiger partial charge in [-0.05, 0) is 50.1 Å². The van der Waals surface area contributed by atoms with Crippen molar-refractivity contribution in [2.75, 3.05) is 23.8 Å². The Hall–Kier alpha value is -3.81. The molecule has 1 aliphatic rings. The predicted molar refractivity (Wildman–Crippen MR) is 123 cm³/mol. The second-order valence-corrected chi connectivity index (χ2v) is 7.32. The molecular weight excluding hydrogens is 408 g/mol. The number of carbonyl (C=O) groups excluding carboxylic acids is 3. The van der Waals surface area contributed by atoms with Crippen molar-refractivity contribution in [3.63, 3.8) is 0 Å². The molecule has 8 heteroatoms. The van der Waals surface area contributed by atoms with Crippen LogP contribution in [0.4, 0.5) is 21.0 Å². The molecule has 3 rings (SSSR count). The molecule has 32 heavy (non-hydrogen) atoms. The number of esters is 1. The highest BCUT2D eigenvalue weighted by Gasteiger charge is 2.36. The van der Waals surface area contributed by atoms with Gasteiger partial charge >= 0.3 is 18.0 Å². The van der Waals surface area contributed by atoms with E-state index in [4.69, 9.17) is 4.74 Å². The van der Waals surface area contributed by atoms with Crippen LogP contribution in [0.5, 0.6) is 0 Å². The zero-order chi connectivity index (χ0) is 23.1. The quantitative estimate of drug-likeness (QED) is 0.550. The molecule has 1 atom stereocenters. The van der Waals surface area contributed by atoms with Crippen LogP contribution in [-0.4, -0.2) is 36.1 Å². The minimum absolute atomic E-state index is 0.240. The summed E-state index contributed by atoms with van der Waals surface area (Å²) in [5.74, 6) is -0.458. The lowest BCUT2D eigenvalue weighted by molar-refractivity contribution is -0.139. The summed E-state index contributed by atoms with van der Waals surface area (Å²) in [5, 5.41) is 8.43. The van der Waals surface area contributed by atoms with E-state index in [9.17, 15) is 14.4 Å².